The third-order valence-electron chi connectivity index (χ3n) is 7.25. The zero-order valence-corrected chi connectivity index (χ0v) is 20.6. The summed E-state index contributed by atoms with van der Waals surface area (Å²) in [6.07, 6.45) is 1.77. The quantitative estimate of drug-likeness (QED) is 0.665. The number of aliphatic imine (C=N–C) groups is 1. The van der Waals surface area contributed by atoms with Gasteiger partial charge in [0.2, 0.25) is 11.8 Å². The van der Waals surface area contributed by atoms with Crippen molar-refractivity contribution in [3.63, 3.8) is 0 Å². The summed E-state index contributed by atoms with van der Waals surface area (Å²) in [5.41, 5.74) is 5.05. The lowest BCUT2D eigenvalue weighted by molar-refractivity contribution is -0.137. The van der Waals surface area contributed by atoms with Crippen LogP contribution >= 0.6 is 11.6 Å². The lowest BCUT2D eigenvalue weighted by Crippen LogP contribution is -2.67. The van der Waals surface area contributed by atoms with E-state index in [1.54, 1.807) is 37.1 Å². The highest BCUT2D eigenvalue weighted by atomic mass is 35.5. The number of amidine groups is 1. The molecule has 3 atom stereocenters. The molecule has 4 aliphatic rings. The summed E-state index contributed by atoms with van der Waals surface area (Å²) in [4.78, 5) is 48.4. The normalized spacial score (nSPS) is 29.6. The number of carbonyl (C=O) groups is 3. The van der Waals surface area contributed by atoms with Gasteiger partial charge in [0.15, 0.2) is 0 Å². The molecular weight excluding hydrogens is 474 g/mol. The number of halogens is 1. The number of nitrogens with zero attached hydrogens (tertiary/aromatic N) is 4. The van der Waals surface area contributed by atoms with Gasteiger partial charge in [-0.1, -0.05) is 23.7 Å². The Morgan fingerprint density at radius 3 is 2.49 bits per heavy atom. The average Bonchev–Trinajstić information content (AvgIpc) is 3.27. The molecular formula is C24H26ClN5O5. The van der Waals surface area contributed by atoms with Crippen LogP contribution in [-0.4, -0.2) is 77.8 Å². The molecule has 0 aromatic heterocycles. The maximum absolute atomic E-state index is 14.0. The summed E-state index contributed by atoms with van der Waals surface area (Å²) in [6.45, 7) is 3.40. The van der Waals surface area contributed by atoms with Crippen molar-refractivity contribution in [1.82, 2.24) is 14.7 Å². The first-order chi connectivity index (χ1) is 16.6. The van der Waals surface area contributed by atoms with Crippen LogP contribution in [0.5, 0.6) is 0 Å². The molecule has 1 aromatic carbocycles. The van der Waals surface area contributed by atoms with E-state index in [0.29, 0.717) is 34.6 Å². The third kappa shape index (κ3) is 3.13. The van der Waals surface area contributed by atoms with Crippen LogP contribution in [0.4, 0.5) is 4.79 Å². The van der Waals surface area contributed by atoms with Crippen molar-refractivity contribution in [3.05, 3.63) is 58.1 Å². The minimum atomic E-state index is -1.17. The molecule has 2 unspecified atom stereocenters. The number of amides is 4. The van der Waals surface area contributed by atoms with Gasteiger partial charge in [-0.15, -0.1) is 0 Å². The maximum atomic E-state index is 14.0. The van der Waals surface area contributed by atoms with Crippen molar-refractivity contribution in [2.75, 3.05) is 33.9 Å². The summed E-state index contributed by atoms with van der Waals surface area (Å²) in [7, 11) is 3.04. The van der Waals surface area contributed by atoms with Crippen LogP contribution in [0.15, 0.2) is 52.5 Å². The second kappa shape index (κ2) is 7.82. The number of rotatable bonds is 5. The monoisotopic (exact) mass is 499 g/mol. The molecule has 184 valence electrons. The van der Waals surface area contributed by atoms with Crippen LogP contribution in [0, 0.1) is 5.41 Å². The largest absolute Gasteiger partial charge is 0.500 e. The van der Waals surface area contributed by atoms with Gasteiger partial charge in [0.25, 0.3) is 0 Å². The second-order valence-corrected chi connectivity index (χ2v) is 9.70. The maximum Gasteiger partial charge on any atom is 0.330 e. The lowest BCUT2D eigenvalue weighted by Gasteiger charge is -2.56. The third-order valence-corrected chi connectivity index (χ3v) is 7.50. The summed E-state index contributed by atoms with van der Waals surface area (Å²) >= 11 is 6.08. The van der Waals surface area contributed by atoms with Gasteiger partial charge in [-0.05, 0) is 37.6 Å². The SMILES string of the molecule is COC1=CC(C)(OC)C2=C3N(CC(=O)N2CC(N)=O)C(=O)N2C(=NC[C@@H]2c2ccc(Cl)cc2)C13C. The van der Waals surface area contributed by atoms with E-state index < -0.39 is 22.8 Å². The van der Waals surface area contributed by atoms with E-state index in [1.807, 2.05) is 19.1 Å². The van der Waals surface area contributed by atoms with Gasteiger partial charge >= 0.3 is 6.03 Å². The molecule has 0 bridgehead atoms. The summed E-state index contributed by atoms with van der Waals surface area (Å²) < 4.78 is 11.7. The molecule has 1 fully saturated rings. The second-order valence-electron chi connectivity index (χ2n) is 9.26. The van der Waals surface area contributed by atoms with Gasteiger partial charge in [-0.25, -0.2) is 4.79 Å². The Labute approximate surface area is 207 Å². The predicted octanol–water partition coefficient (Wildman–Crippen LogP) is 2.03. The van der Waals surface area contributed by atoms with Gasteiger partial charge in [0.1, 0.15) is 35.7 Å². The zero-order valence-electron chi connectivity index (χ0n) is 19.9. The van der Waals surface area contributed by atoms with Crippen molar-refractivity contribution in [2.24, 2.45) is 16.1 Å². The van der Waals surface area contributed by atoms with E-state index in [-0.39, 0.29) is 25.2 Å². The van der Waals surface area contributed by atoms with Gasteiger partial charge in [-0.3, -0.25) is 24.4 Å². The van der Waals surface area contributed by atoms with E-state index in [9.17, 15) is 14.4 Å². The highest BCUT2D eigenvalue weighted by Crippen LogP contribution is 2.55. The van der Waals surface area contributed by atoms with E-state index >= 15 is 0 Å². The molecule has 4 amide bonds. The Morgan fingerprint density at radius 2 is 1.89 bits per heavy atom. The van der Waals surface area contributed by atoms with Crippen LogP contribution in [0.25, 0.3) is 0 Å². The fourth-order valence-corrected chi connectivity index (χ4v) is 5.69. The first kappa shape index (κ1) is 23.4. The van der Waals surface area contributed by atoms with Crippen molar-refractivity contribution >= 4 is 35.3 Å². The number of carbonyl (C=O) groups excluding carboxylic acids is 3. The van der Waals surface area contributed by atoms with E-state index in [1.165, 1.54) is 16.9 Å². The number of urea groups is 1. The Kier molecular flexibility index (Phi) is 5.22. The van der Waals surface area contributed by atoms with Crippen molar-refractivity contribution in [2.45, 2.75) is 25.5 Å². The lowest BCUT2D eigenvalue weighted by atomic mass is 9.70. The molecule has 10 nitrogen and oxygen atoms in total. The molecule has 3 heterocycles. The van der Waals surface area contributed by atoms with Crippen molar-refractivity contribution < 1.29 is 23.9 Å². The fraction of sp³-hybridized carbons (Fsp3) is 0.417. The topological polar surface area (TPSA) is 118 Å². The zero-order chi connectivity index (χ0) is 25.3. The molecule has 0 radical (unpaired) electrons. The van der Waals surface area contributed by atoms with Gasteiger partial charge in [0.05, 0.1) is 31.1 Å². The molecule has 1 saturated heterocycles. The van der Waals surface area contributed by atoms with E-state index in [2.05, 4.69) is 0 Å². The van der Waals surface area contributed by atoms with Gasteiger partial charge in [0, 0.05) is 12.1 Å². The Balaban J connectivity index is 1.74. The molecule has 11 heteroatoms. The fourth-order valence-electron chi connectivity index (χ4n) is 5.56. The number of primary amides is 1. The average molecular weight is 500 g/mol. The van der Waals surface area contributed by atoms with Crippen LogP contribution in [0.2, 0.25) is 5.02 Å². The smallest absolute Gasteiger partial charge is 0.330 e. The van der Waals surface area contributed by atoms with Crippen LogP contribution in [-0.2, 0) is 19.1 Å². The minimum Gasteiger partial charge on any atom is -0.500 e. The highest BCUT2D eigenvalue weighted by Gasteiger charge is 2.63. The molecule has 3 aliphatic heterocycles. The number of nitrogens with two attached hydrogens (primary N) is 1. The molecule has 35 heavy (non-hydrogen) atoms. The number of ether oxygens (including phenoxy) is 2. The Hall–Kier alpha value is -3.37. The summed E-state index contributed by atoms with van der Waals surface area (Å²) in [5, 5.41) is 0.589. The van der Waals surface area contributed by atoms with E-state index in [4.69, 9.17) is 31.8 Å². The van der Waals surface area contributed by atoms with E-state index in [0.717, 1.165) is 5.56 Å². The Morgan fingerprint density at radius 1 is 1.20 bits per heavy atom. The molecule has 1 aromatic rings. The van der Waals surface area contributed by atoms with Crippen molar-refractivity contribution in [1.29, 1.82) is 0 Å². The van der Waals surface area contributed by atoms with Gasteiger partial charge in [-0.2, -0.15) is 0 Å². The van der Waals surface area contributed by atoms with Crippen LogP contribution in [0.3, 0.4) is 0 Å². The first-order valence-electron chi connectivity index (χ1n) is 11.1. The van der Waals surface area contributed by atoms with Crippen molar-refractivity contribution in [3.8, 4) is 0 Å². The number of hydrogen-bond acceptors (Lipinski definition) is 6. The number of methoxy groups -OCH3 is 2. The molecule has 5 rings (SSSR count). The molecule has 1 aliphatic carbocycles. The van der Waals surface area contributed by atoms with Gasteiger partial charge < -0.3 is 20.1 Å². The molecule has 2 N–H and O–H groups in total. The number of hydrogen-bond donors (Lipinski definition) is 1. The summed E-state index contributed by atoms with van der Waals surface area (Å²) in [5.74, 6) is -0.0810. The van der Waals surface area contributed by atoms with Crippen LogP contribution < -0.4 is 5.73 Å². The standard InChI is InChI=1S/C24H26ClN5O5/c1-23(35-4)9-16(34-3)24(2)20-19(23)28(11-17(26)31)18(32)12-29(20)22(33)30-15(10-27-21(24)30)13-5-7-14(25)8-6-13/h5-9,15H,10-12H2,1-4H3,(H2,26,31)/t15-,23?,24?/m1/s1. The predicted molar refractivity (Wildman–Crippen MR) is 127 cm³/mol. The summed E-state index contributed by atoms with van der Waals surface area (Å²) in [6, 6.07) is 6.52. The first-order valence-corrected chi connectivity index (χ1v) is 11.5. The Bertz CT molecular complexity index is 1240. The molecule has 0 saturated carbocycles. The number of benzene rings is 1. The number of fused-ring (bicyclic) bond motifs is 2. The minimum absolute atomic E-state index is 0.256. The van der Waals surface area contributed by atoms with Crippen LogP contribution in [0.1, 0.15) is 25.5 Å². The molecule has 0 spiro atoms. The highest BCUT2D eigenvalue weighted by molar-refractivity contribution is 6.30.